The predicted molar refractivity (Wildman–Crippen MR) is 73.7 cm³/mol. The molecule has 0 fully saturated rings. The third kappa shape index (κ3) is 3.79. The molecule has 0 spiro atoms. The van der Waals surface area contributed by atoms with E-state index in [0.29, 0.717) is 5.56 Å². The number of aromatic nitrogens is 2. The zero-order valence-corrected chi connectivity index (χ0v) is 12.3. The zero-order chi connectivity index (χ0) is 16.3. The van der Waals surface area contributed by atoms with Gasteiger partial charge in [-0.15, -0.1) is 0 Å². The van der Waals surface area contributed by atoms with Crippen LogP contribution < -0.4 is 0 Å². The minimum atomic E-state index is -4.52. The smallest absolute Gasteiger partial charge is 0.417 e. The molecule has 118 valence electrons. The summed E-state index contributed by atoms with van der Waals surface area (Å²) < 4.78 is 44.7. The molecule has 0 aliphatic carbocycles. The molecular formula is C14H12ClF3N2O2. The molecule has 1 aromatic carbocycles. The molecule has 8 heteroatoms. The highest BCUT2D eigenvalue weighted by molar-refractivity contribution is 6.31. The lowest BCUT2D eigenvalue weighted by atomic mass is 10.1. The van der Waals surface area contributed by atoms with Gasteiger partial charge in [0.2, 0.25) is 0 Å². The van der Waals surface area contributed by atoms with Gasteiger partial charge in [-0.05, 0) is 24.6 Å². The molecule has 4 nitrogen and oxygen atoms in total. The summed E-state index contributed by atoms with van der Waals surface area (Å²) in [5.41, 5.74) is -0.395. The van der Waals surface area contributed by atoms with Crippen molar-refractivity contribution < 1.29 is 22.7 Å². The number of benzene rings is 1. The average Bonchev–Trinajstić information content (AvgIpc) is 2.88. The Morgan fingerprint density at radius 1 is 1.41 bits per heavy atom. The number of imidazole rings is 1. The quantitative estimate of drug-likeness (QED) is 0.800. The number of halogens is 4. The van der Waals surface area contributed by atoms with Gasteiger partial charge in [0.1, 0.15) is 0 Å². The van der Waals surface area contributed by atoms with Crippen molar-refractivity contribution in [3.05, 3.63) is 52.6 Å². The van der Waals surface area contributed by atoms with E-state index in [1.165, 1.54) is 29.2 Å². The van der Waals surface area contributed by atoms with Gasteiger partial charge in [-0.2, -0.15) is 13.2 Å². The van der Waals surface area contributed by atoms with Gasteiger partial charge in [0, 0.05) is 12.7 Å². The molecule has 0 radical (unpaired) electrons. The van der Waals surface area contributed by atoms with Crippen molar-refractivity contribution in [1.29, 1.82) is 0 Å². The van der Waals surface area contributed by atoms with Crippen LogP contribution in [0.5, 0.6) is 0 Å². The number of hydrogen-bond donors (Lipinski definition) is 0. The van der Waals surface area contributed by atoms with Crippen LogP contribution in [-0.4, -0.2) is 22.1 Å². The molecule has 0 saturated heterocycles. The lowest BCUT2D eigenvalue weighted by molar-refractivity contribution is -0.137. The highest BCUT2D eigenvalue weighted by atomic mass is 35.5. The second-order valence-electron chi connectivity index (χ2n) is 4.46. The number of ether oxygens (including phenoxy) is 1. The molecule has 1 heterocycles. The number of esters is 1. The van der Waals surface area contributed by atoms with E-state index < -0.39 is 17.7 Å². The third-order valence-electron chi connectivity index (χ3n) is 2.82. The number of hydrogen-bond acceptors (Lipinski definition) is 3. The largest absolute Gasteiger partial charge is 0.461 e. The summed E-state index contributed by atoms with van der Waals surface area (Å²) in [6.45, 7) is 2.02. The monoisotopic (exact) mass is 332 g/mol. The first-order valence-electron chi connectivity index (χ1n) is 6.35. The fourth-order valence-corrected chi connectivity index (χ4v) is 2.08. The predicted octanol–water partition coefficient (Wildman–Crippen LogP) is 3.78. The molecule has 0 saturated carbocycles. The average molecular weight is 333 g/mol. The lowest BCUT2D eigenvalue weighted by Gasteiger charge is -2.11. The van der Waals surface area contributed by atoms with Crippen molar-refractivity contribution in [3.63, 3.8) is 0 Å². The SMILES string of the molecule is CCOC(=O)c1cn(Cc2ccc(Cl)c(C(F)(F)F)c2)cn1. The maximum Gasteiger partial charge on any atom is 0.417 e. The summed E-state index contributed by atoms with van der Waals surface area (Å²) in [5, 5.41) is -0.353. The Morgan fingerprint density at radius 3 is 2.77 bits per heavy atom. The Bertz CT molecular complexity index is 683. The maximum absolute atomic E-state index is 12.8. The van der Waals surface area contributed by atoms with E-state index in [1.54, 1.807) is 6.92 Å². The fraction of sp³-hybridized carbons (Fsp3) is 0.286. The Morgan fingerprint density at radius 2 is 2.14 bits per heavy atom. The topological polar surface area (TPSA) is 44.1 Å². The number of rotatable bonds is 4. The first-order chi connectivity index (χ1) is 10.3. The van der Waals surface area contributed by atoms with E-state index in [2.05, 4.69) is 4.98 Å². The normalized spacial score (nSPS) is 11.5. The van der Waals surface area contributed by atoms with Crippen molar-refractivity contribution in [3.8, 4) is 0 Å². The molecule has 2 rings (SSSR count). The van der Waals surface area contributed by atoms with Gasteiger partial charge in [-0.1, -0.05) is 17.7 Å². The Kier molecular flexibility index (Phi) is 4.75. The summed E-state index contributed by atoms with van der Waals surface area (Å²) in [6.07, 6.45) is -1.74. The first-order valence-corrected chi connectivity index (χ1v) is 6.73. The van der Waals surface area contributed by atoms with Gasteiger partial charge in [0.05, 0.1) is 23.5 Å². The summed E-state index contributed by atoms with van der Waals surface area (Å²) in [6, 6.07) is 3.66. The second-order valence-corrected chi connectivity index (χ2v) is 4.87. The Hall–Kier alpha value is -2.02. The van der Waals surface area contributed by atoms with Gasteiger partial charge < -0.3 is 9.30 Å². The second kappa shape index (κ2) is 6.39. The van der Waals surface area contributed by atoms with Crippen molar-refractivity contribution in [2.75, 3.05) is 6.61 Å². The molecule has 0 aliphatic heterocycles. The van der Waals surface area contributed by atoms with E-state index in [4.69, 9.17) is 16.3 Å². The molecule has 0 aliphatic rings. The third-order valence-corrected chi connectivity index (χ3v) is 3.15. The maximum atomic E-state index is 12.8. The van der Waals surface area contributed by atoms with E-state index >= 15 is 0 Å². The van der Waals surface area contributed by atoms with Crippen molar-refractivity contribution in [2.45, 2.75) is 19.6 Å². The van der Waals surface area contributed by atoms with Gasteiger partial charge in [0.15, 0.2) is 5.69 Å². The van der Waals surface area contributed by atoms with Crippen LogP contribution in [0.2, 0.25) is 5.02 Å². The van der Waals surface area contributed by atoms with E-state index in [9.17, 15) is 18.0 Å². The van der Waals surface area contributed by atoms with Crippen LogP contribution in [0.4, 0.5) is 13.2 Å². The van der Waals surface area contributed by atoms with Gasteiger partial charge >= 0.3 is 12.1 Å². The summed E-state index contributed by atoms with van der Waals surface area (Å²) >= 11 is 5.56. The summed E-state index contributed by atoms with van der Waals surface area (Å²) in [4.78, 5) is 15.3. The minimum absolute atomic E-state index is 0.104. The number of carbonyl (C=O) groups excluding carboxylic acids is 1. The molecule has 0 unspecified atom stereocenters. The molecule has 0 atom stereocenters. The number of alkyl halides is 3. The van der Waals surface area contributed by atoms with Crippen molar-refractivity contribution in [1.82, 2.24) is 9.55 Å². The zero-order valence-electron chi connectivity index (χ0n) is 11.5. The van der Waals surface area contributed by atoms with Gasteiger partial charge in [-0.25, -0.2) is 9.78 Å². The number of carbonyl (C=O) groups is 1. The minimum Gasteiger partial charge on any atom is -0.461 e. The van der Waals surface area contributed by atoms with Crippen LogP contribution in [0, 0.1) is 0 Å². The van der Waals surface area contributed by atoms with Crippen molar-refractivity contribution in [2.24, 2.45) is 0 Å². The molecule has 0 bridgehead atoms. The number of nitrogens with zero attached hydrogens (tertiary/aromatic N) is 2. The lowest BCUT2D eigenvalue weighted by Crippen LogP contribution is -2.08. The van der Waals surface area contributed by atoms with E-state index in [0.717, 1.165) is 6.07 Å². The molecular weight excluding hydrogens is 321 g/mol. The standard InChI is InChI=1S/C14H12ClF3N2O2/c1-2-22-13(21)12-7-20(8-19-12)6-9-3-4-11(15)10(5-9)14(16,17)18/h3-5,7-8H,2,6H2,1H3. The molecule has 1 aromatic heterocycles. The molecule has 2 aromatic rings. The summed E-state index contributed by atoms with van der Waals surface area (Å²) in [7, 11) is 0. The Labute approximate surface area is 129 Å². The fourth-order valence-electron chi connectivity index (χ4n) is 1.86. The van der Waals surface area contributed by atoms with Crippen LogP contribution in [0.3, 0.4) is 0 Å². The van der Waals surface area contributed by atoms with Crippen LogP contribution in [0.1, 0.15) is 28.5 Å². The highest BCUT2D eigenvalue weighted by Gasteiger charge is 2.33. The van der Waals surface area contributed by atoms with E-state index in [1.807, 2.05) is 0 Å². The van der Waals surface area contributed by atoms with Gasteiger partial charge in [-0.3, -0.25) is 0 Å². The van der Waals surface area contributed by atoms with Crippen molar-refractivity contribution >= 4 is 17.6 Å². The van der Waals surface area contributed by atoms with Crippen LogP contribution in [0.15, 0.2) is 30.7 Å². The molecule has 0 N–H and O–H groups in total. The van der Waals surface area contributed by atoms with Crippen LogP contribution in [-0.2, 0) is 17.5 Å². The summed E-state index contributed by atoms with van der Waals surface area (Å²) in [5.74, 6) is -0.576. The van der Waals surface area contributed by atoms with Gasteiger partial charge in [0.25, 0.3) is 0 Å². The highest BCUT2D eigenvalue weighted by Crippen LogP contribution is 2.35. The van der Waals surface area contributed by atoms with Crippen LogP contribution >= 0.6 is 11.6 Å². The van der Waals surface area contributed by atoms with E-state index in [-0.39, 0.29) is 23.9 Å². The molecule has 22 heavy (non-hydrogen) atoms. The Balaban J connectivity index is 2.20. The van der Waals surface area contributed by atoms with Crippen LogP contribution in [0.25, 0.3) is 0 Å². The first kappa shape index (κ1) is 16.4. The molecule has 0 amide bonds.